The van der Waals surface area contributed by atoms with E-state index in [2.05, 4.69) is 66.3 Å². The van der Waals surface area contributed by atoms with Gasteiger partial charge >= 0.3 is 0 Å². The molecule has 3 aromatic carbocycles. The summed E-state index contributed by atoms with van der Waals surface area (Å²) in [5.41, 5.74) is 9.41. The molecule has 0 N–H and O–H groups in total. The number of ketones is 1. The fourth-order valence-corrected chi connectivity index (χ4v) is 5.35. The van der Waals surface area contributed by atoms with Gasteiger partial charge in [-0.05, 0) is 81.3 Å². The molecule has 0 bridgehead atoms. The van der Waals surface area contributed by atoms with Crippen LogP contribution in [0.3, 0.4) is 0 Å². The second-order valence-electron chi connectivity index (χ2n) is 8.65. The number of thioether (sulfide) groups is 1. The summed E-state index contributed by atoms with van der Waals surface area (Å²) in [5.74, 6) is 0.438. The van der Waals surface area contributed by atoms with Crippen molar-refractivity contribution in [3.8, 4) is 11.4 Å². The van der Waals surface area contributed by atoms with Crippen LogP contribution in [-0.2, 0) is 0 Å². The average Bonchev–Trinajstić information content (AvgIpc) is 3.36. The Morgan fingerprint density at radius 3 is 2.29 bits per heavy atom. The van der Waals surface area contributed by atoms with Crippen molar-refractivity contribution in [2.24, 2.45) is 0 Å². The Hall–Kier alpha value is -3.57. The molecule has 0 aliphatic carbocycles. The van der Waals surface area contributed by atoms with Gasteiger partial charge in [0.15, 0.2) is 10.9 Å². The van der Waals surface area contributed by atoms with Crippen molar-refractivity contribution in [3.05, 3.63) is 107 Å². The number of imidazole rings is 1. The van der Waals surface area contributed by atoms with E-state index in [0.29, 0.717) is 5.75 Å². The van der Waals surface area contributed by atoms with Crippen molar-refractivity contribution in [2.75, 3.05) is 5.75 Å². The molecule has 5 rings (SSSR count). The molecule has 34 heavy (non-hydrogen) atoms. The minimum atomic E-state index is 0.111. The van der Waals surface area contributed by atoms with Crippen LogP contribution in [0.5, 0.6) is 0 Å². The highest BCUT2D eigenvalue weighted by Crippen LogP contribution is 2.29. The quantitative estimate of drug-likeness (QED) is 0.200. The molecule has 0 fully saturated rings. The van der Waals surface area contributed by atoms with Gasteiger partial charge in [-0.25, -0.2) is 4.98 Å². The summed E-state index contributed by atoms with van der Waals surface area (Å²) in [5, 5.41) is 0.823. The number of Topliss-reactive ketones (excluding diaryl/α,β-unsaturated/α-hetero) is 1. The Balaban J connectivity index is 1.45. The van der Waals surface area contributed by atoms with Crippen LogP contribution in [0, 0.1) is 27.7 Å². The molecule has 0 spiro atoms. The Morgan fingerprint density at radius 1 is 0.794 bits per heavy atom. The zero-order valence-corrected chi connectivity index (χ0v) is 20.7. The van der Waals surface area contributed by atoms with Crippen molar-refractivity contribution in [1.29, 1.82) is 0 Å². The molecule has 0 unspecified atom stereocenters. The van der Waals surface area contributed by atoms with Crippen molar-refractivity contribution in [1.82, 2.24) is 14.1 Å². The molecule has 5 aromatic rings. The fraction of sp³-hybridized carbons (Fsp3) is 0.172. The highest BCUT2D eigenvalue weighted by Gasteiger charge is 2.19. The number of para-hydroxylation sites is 3. The molecular formula is C29H27N3OS. The van der Waals surface area contributed by atoms with E-state index in [-0.39, 0.29) is 5.78 Å². The highest BCUT2D eigenvalue weighted by atomic mass is 32.2. The standard InChI is InChI=1S/C29H27N3OS/c1-19-14-15-24(16-20(19)2)31-21(3)17-25(22(31)4)28(33)18-34-29-30-26-12-8-9-13-27(26)32(29)23-10-6-5-7-11-23/h5-17H,18H2,1-4H3. The zero-order chi connectivity index (χ0) is 23.8. The van der Waals surface area contributed by atoms with Crippen LogP contribution in [0.2, 0.25) is 0 Å². The number of hydrogen-bond donors (Lipinski definition) is 0. The van der Waals surface area contributed by atoms with Crippen LogP contribution in [0.25, 0.3) is 22.4 Å². The summed E-state index contributed by atoms with van der Waals surface area (Å²) in [7, 11) is 0. The number of aromatic nitrogens is 3. The highest BCUT2D eigenvalue weighted by molar-refractivity contribution is 7.99. The van der Waals surface area contributed by atoms with Crippen molar-refractivity contribution < 1.29 is 4.79 Å². The van der Waals surface area contributed by atoms with Crippen LogP contribution in [0.15, 0.2) is 84.0 Å². The summed E-state index contributed by atoms with van der Waals surface area (Å²) in [6.45, 7) is 8.32. The lowest BCUT2D eigenvalue weighted by molar-refractivity contribution is 0.102. The summed E-state index contributed by atoms with van der Waals surface area (Å²) in [6.07, 6.45) is 0. The summed E-state index contributed by atoms with van der Waals surface area (Å²) in [6, 6.07) is 26.7. The SMILES string of the molecule is Cc1ccc(-n2c(C)cc(C(=O)CSc3nc4ccccc4n3-c3ccccc3)c2C)cc1C. The molecule has 5 heteroatoms. The molecule has 2 heterocycles. The Morgan fingerprint density at radius 2 is 1.53 bits per heavy atom. The topological polar surface area (TPSA) is 39.8 Å². The van der Waals surface area contributed by atoms with E-state index >= 15 is 0 Å². The lowest BCUT2D eigenvalue weighted by Crippen LogP contribution is -2.07. The monoisotopic (exact) mass is 465 g/mol. The van der Waals surface area contributed by atoms with Crippen LogP contribution in [0.4, 0.5) is 0 Å². The summed E-state index contributed by atoms with van der Waals surface area (Å²) in [4.78, 5) is 18.2. The first-order valence-corrected chi connectivity index (χ1v) is 12.4. The Bertz CT molecular complexity index is 1510. The van der Waals surface area contributed by atoms with Gasteiger partial charge < -0.3 is 4.57 Å². The van der Waals surface area contributed by atoms with Gasteiger partial charge in [0, 0.05) is 28.3 Å². The third-order valence-corrected chi connectivity index (χ3v) is 7.30. The number of rotatable bonds is 6. The molecule has 0 amide bonds. The number of hydrogen-bond acceptors (Lipinski definition) is 3. The third-order valence-electron chi connectivity index (χ3n) is 6.36. The normalized spacial score (nSPS) is 11.3. The fourth-order valence-electron chi connectivity index (χ4n) is 4.44. The maximum atomic E-state index is 13.3. The maximum absolute atomic E-state index is 13.3. The third kappa shape index (κ3) is 3.97. The largest absolute Gasteiger partial charge is 0.318 e. The van der Waals surface area contributed by atoms with Gasteiger partial charge in [0.2, 0.25) is 0 Å². The van der Waals surface area contributed by atoms with Gasteiger partial charge in [0.25, 0.3) is 0 Å². The maximum Gasteiger partial charge on any atom is 0.175 e. The number of benzene rings is 3. The predicted molar refractivity (Wildman–Crippen MR) is 141 cm³/mol. The van der Waals surface area contributed by atoms with Crippen LogP contribution >= 0.6 is 11.8 Å². The smallest absolute Gasteiger partial charge is 0.175 e. The molecule has 0 saturated heterocycles. The molecule has 2 aromatic heterocycles. The van der Waals surface area contributed by atoms with Gasteiger partial charge in [-0.3, -0.25) is 9.36 Å². The van der Waals surface area contributed by atoms with E-state index in [0.717, 1.165) is 44.5 Å². The van der Waals surface area contributed by atoms with Crippen molar-refractivity contribution in [2.45, 2.75) is 32.9 Å². The first-order chi connectivity index (χ1) is 16.4. The lowest BCUT2D eigenvalue weighted by atomic mass is 10.1. The first-order valence-electron chi connectivity index (χ1n) is 11.4. The van der Waals surface area contributed by atoms with Gasteiger partial charge in [-0.2, -0.15) is 0 Å². The minimum Gasteiger partial charge on any atom is -0.318 e. The van der Waals surface area contributed by atoms with Gasteiger partial charge in [0.1, 0.15) is 0 Å². The number of carbonyl (C=O) groups is 1. The van der Waals surface area contributed by atoms with Gasteiger partial charge in [-0.1, -0.05) is 48.2 Å². The predicted octanol–water partition coefficient (Wildman–Crippen LogP) is 7.02. The molecule has 0 atom stereocenters. The van der Waals surface area contributed by atoms with Crippen molar-refractivity contribution >= 4 is 28.6 Å². The van der Waals surface area contributed by atoms with Crippen molar-refractivity contribution in [3.63, 3.8) is 0 Å². The first kappa shape index (κ1) is 22.2. The van der Waals surface area contributed by atoms with E-state index in [1.807, 2.05) is 49.4 Å². The van der Waals surface area contributed by atoms with Gasteiger partial charge in [0.05, 0.1) is 16.8 Å². The molecule has 170 valence electrons. The number of fused-ring (bicyclic) bond motifs is 1. The molecule has 0 aliphatic heterocycles. The average molecular weight is 466 g/mol. The second kappa shape index (κ2) is 8.99. The molecular weight excluding hydrogens is 438 g/mol. The number of carbonyl (C=O) groups excluding carboxylic acids is 1. The van der Waals surface area contributed by atoms with E-state index in [9.17, 15) is 4.79 Å². The molecule has 4 nitrogen and oxygen atoms in total. The summed E-state index contributed by atoms with van der Waals surface area (Å²) >= 11 is 1.49. The Labute approximate surface area is 204 Å². The molecule has 0 saturated carbocycles. The van der Waals surface area contributed by atoms with E-state index < -0.39 is 0 Å². The number of nitrogens with zero attached hydrogens (tertiary/aromatic N) is 3. The second-order valence-corrected chi connectivity index (χ2v) is 9.60. The van der Waals surface area contributed by atoms with E-state index in [1.54, 1.807) is 0 Å². The van der Waals surface area contributed by atoms with Crippen LogP contribution < -0.4 is 0 Å². The van der Waals surface area contributed by atoms with E-state index in [1.165, 1.54) is 22.9 Å². The molecule has 0 radical (unpaired) electrons. The van der Waals surface area contributed by atoms with Gasteiger partial charge in [-0.15, -0.1) is 0 Å². The Kier molecular flexibility index (Phi) is 5.88. The minimum absolute atomic E-state index is 0.111. The lowest BCUT2D eigenvalue weighted by Gasteiger charge is -2.12. The van der Waals surface area contributed by atoms with Crippen LogP contribution in [0.1, 0.15) is 32.9 Å². The summed E-state index contributed by atoms with van der Waals surface area (Å²) < 4.78 is 4.30. The zero-order valence-electron chi connectivity index (χ0n) is 19.9. The molecule has 0 aliphatic rings. The van der Waals surface area contributed by atoms with E-state index in [4.69, 9.17) is 4.98 Å². The van der Waals surface area contributed by atoms with Crippen LogP contribution in [-0.4, -0.2) is 25.7 Å². The number of aryl methyl sites for hydroxylation is 3.